The molecule has 1 aliphatic heterocycles. The number of nitrogens with zero attached hydrogens (tertiary/aromatic N) is 1. The molecule has 1 aliphatic rings. The SMILES string of the molecule is CCOC1CCCN(Cc2ccc(C#CCCO)cc2)C1. The first-order valence-electron chi connectivity index (χ1n) is 7.84. The number of aliphatic hydroxyl groups is 1. The largest absolute Gasteiger partial charge is 0.395 e. The Hall–Kier alpha value is -1.34. The minimum Gasteiger partial charge on any atom is -0.395 e. The molecule has 1 fully saturated rings. The van der Waals surface area contributed by atoms with Crippen LogP contribution in [0.4, 0.5) is 0 Å². The Labute approximate surface area is 127 Å². The van der Waals surface area contributed by atoms with Crippen LogP contribution in [-0.4, -0.2) is 42.4 Å². The van der Waals surface area contributed by atoms with Gasteiger partial charge in [0.25, 0.3) is 0 Å². The van der Waals surface area contributed by atoms with Crippen LogP contribution in [0.5, 0.6) is 0 Å². The highest BCUT2D eigenvalue weighted by molar-refractivity contribution is 5.36. The number of hydrogen-bond donors (Lipinski definition) is 1. The summed E-state index contributed by atoms with van der Waals surface area (Å²) in [6.07, 6.45) is 3.33. The molecular formula is C18H25NO2. The lowest BCUT2D eigenvalue weighted by Crippen LogP contribution is -2.39. The third-order valence-corrected chi connectivity index (χ3v) is 3.69. The molecule has 2 rings (SSSR count). The first-order valence-corrected chi connectivity index (χ1v) is 7.84. The molecule has 1 saturated heterocycles. The standard InChI is InChI=1S/C18H25NO2/c1-2-21-18-7-5-12-19(15-18)14-17-10-8-16(9-11-17)6-3-4-13-20/h8-11,18,20H,2,4-5,7,12-15H2,1H3. The van der Waals surface area contributed by atoms with Crippen molar-refractivity contribution in [1.29, 1.82) is 0 Å². The van der Waals surface area contributed by atoms with Gasteiger partial charge in [0.1, 0.15) is 0 Å². The van der Waals surface area contributed by atoms with Gasteiger partial charge in [0.05, 0.1) is 12.7 Å². The van der Waals surface area contributed by atoms with Crippen LogP contribution < -0.4 is 0 Å². The Morgan fingerprint density at radius 2 is 2.14 bits per heavy atom. The summed E-state index contributed by atoms with van der Waals surface area (Å²) in [7, 11) is 0. The zero-order valence-electron chi connectivity index (χ0n) is 12.8. The lowest BCUT2D eigenvalue weighted by atomic mass is 10.1. The minimum atomic E-state index is 0.126. The Kier molecular flexibility index (Phi) is 6.75. The number of ether oxygens (including phenoxy) is 1. The van der Waals surface area contributed by atoms with Crippen molar-refractivity contribution in [3.63, 3.8) is 0 Å². The predicted octanol–water partition coefficient (Wildman–Crippen LogP) is 2.42. The molecule has 1 unspecified atom stereocenters. The van der Waals surface area contributed by atoms with Crippen LogP contribution in [0.2, 0.25) is 0 Å². The van der Waals surface area contributed by atoms with E-state index in [4.69, 9.17) is 9.84 Å². The molecular weight excluding hydrogens is 262 g/mol. The smallest absolute Gasteiger partial charge is 0.0702 e. The van der Waals surface area contributed by atoms with E-state index in [9.17, 15) is 0 Å². The first-order chi connectivity index (χ1) is 10.3. The summed E-state index contributed by atoms with van der Waals surface area (Å²) < 4.78 is 5.74. The second kappa shape index (κ2) is 8.84. The van der Waals surface area contributed by atoms with Gasteiger partial charge in [0, 0.05) is 31.7 Å². The summed E-state index contributed by atoms with van der Waals surface area (Å²) in [5.74, 6) is 6.00. The second-order valence-electron chi connectivity index (χ2n) is 5.43. The summed E-state index contributed by atoms with van der Waals surface area (Å²) >= 11 is 0. The maximum Gasteiger partial charge on any atom is 0.0702 e. The van der Waals surface area contributed by atoms with Crippen molar-refractivity contribution in [3.05, 3.63) is 35.4 Å². The molecule has 1 aromatic carbocycles. The van der Waals surface area contributed by atoms with Gasteiger partial charge in [-0.05, 0) is 44.0 Å². The summed E-state index contributed by atoms with van der Waals surface area (Å²) in [6.45, 7) is 6.16. The Morgan fingerprint density at radius 1 is 1.33 bits per heavy atom. The van der Waals surface area contributed by atoms with E-state index < -0.39 is 0 Å². The van der Waals surface area contributed by atoms with Gasteiger partial charge in [-0.1, -0.05) is 24.0 Å². The van der Waals surface area contributed by atoms with E-state index in [0.29, 0.717) is 12.5 Å². The molecule has 1 N–H and O–H groups in total. The normalized spacial score (nSPS) is 19.0. The van der Waals surface area contributed by atoms with Crippen LogP contribution in [0.25, 0.3) is 0 Å². The van der Waals surface area contributed by atoms with Crippen molar-refractivity contribution in [2.45, 2.75) is 38.8 Å². The minimum absolute atomic E-state index is 0.126. The van der Waals surface area contributed by atoms with Crippen molar-refractivity contribution in [1.82, 2.24) is 4.90 Å². The zero-order chi connectivity index (χ0) is 14.9. The van der Waals surface area contributed by atoms with E-state index >= 15 is 0 Å². The fourth-order valence-corrected chi connectivity index (χ4v) is 2.70. The van der Waals surface area contributed by atoms with Crippen molar-refractivity contribution in [3.8, 4) is 11.8 Å². The Bertz CT molecular complexity index is 470. The molecule has 0 saturated carbocycles. The van der Waals surface area contributed by atoms with E-state index in [0.717, 1.165) is 31.8 Å². The molecule has 1 aromatic rings. The second-order valence-corrected chi connectivity index (χ2v) is 5.43. The van der Waals surface area contributed by atoms with Crippen LogP contribution in [0.15, 0.2) is 24.3 Å². The molecule has 0 aliphatic carbocycles. The molecule has 1 heterocycles. The number of likely N-dealkylation sites (tertiary alicyclic amines) is 1. The topological polar surface area (TPSA) is 32.7 Å². The van der Waals surface area contributed by atoms with E-state index in [2.05, 4.69) is 47.9 Å². The third-order valence-electron chi connectivity index (χ3n) is 3.69. The number of aliphatic hydroxyl groups excluding tert-OH is 1. The van der Waals surface area contributed by atoms with E-state index in [1.807, 2.05) is 0 Å². The van der Waals surface area contributed by atoms with Gasteiger partial charge in [-0.25, -0.2) is 0 Å². The molecule has 0 bridgehead atoms. The highest BCUT2D eigenvalue weighted by Gasteiger charge is 2.19. The maximum absolute atomic E-state index is 8.71. The summed E-state index contributed by atoms with van der Waals surface area (Å²) in [5.41, 5.74) is 2.33. The van der Waals surface area contributed by atoms with Gasteiger partial charge in [-0.2, -0.15) is 0 Å². The van der Waals surface area contributed by atoms with Crippen molar-refractivity contribution >= 4 is 0 Å². The highest BCUT2D eigenvalue weighted by atomic mass is 16.5. The van der Waals surface area contributed by atoms with E-state index in [-0.39, 0.29) is 6.61 Å². The van der Waals surface area contributed by atoms with Crippen LogP contribution in [-0.2, 0) is 11.3 Å². The average molecular weight is 287 g/mol. The molecule has 114 valence electrons. The summed E-state index contributed by atoms with van der Waals surface area (Å²) in [6, 6.07) is 8.41. The van der Waals surface area contributed by atoms with Crippen LogP contribution in [0.1, 0.15) is 37.3 Å². The van der Waals surface area contributed by atoms with Gasteiger partial charge in [-0.3, -0.25) is 4.90 Å². The van der Waals surface area contributed by atoms with Crippen LogP contribution >= 0.6 is 0 Å². The van der Waals surface area contributed by atoms with Crippen molar-refractivity contribution in [2.24, 2.45) is 0 Å². The number of hydrogen-bond acceptors (Lipinski definition) is 3. The third kappa shape index (κ3) is 5.51. The van der Waals surface area contributed by atoms with E-state index in [1.54, 1.807) is 0 Å². The Morgan fingerprint density at radius 3 is 2.86 bits per heavy atom. The fraction of sp³-hybridized carbons (Fsp3) is 0.556. The number of piperidine rings is 1. The van der Waals surface area contributed by atoms with Gasteiger partial charge in [0.2, 0.25) is 0 Å². The number of benzene rings is 1. The van der Waals surface area contributed by atoms with Crippen LogP contribution in [0, 0.1) is 11.8 Å². The molecule has 3 nitrogen and oxygen atoms in total. The molecule has 0 aromatic heterocycles. The lowest BCUT2D eigenvalue weighted by Gasteiger charge is -2.32. The van der Waals surface area contributed by atoms with E-state index in [1.165, 1.54) is 18.4 Å². The molecule has 0 amide bonds. The fourth-order valence-electron chi connectivity index (χ4n) is 2.70. The van der Waals surface area contributed by atoms with Gasteiger partial charge in [-0.15, -0.1) is 0 Å². The van der Waals surface area contributed by atoms with Crippen molar-refractivity contribution in [2.75, 3.05) is 26.3 Å². The zero-order valence-corrected chi connectivity index (χ0v) is 12.8. The van der Waals surface area contributed by atoms with Gasteiger partial charge >= 0.3 is 0 Å². The molecule has 1 atom stereocenters. The molecule has 21 heavy (non-hydrogen) atoms. The maximum atomic E-state index is 8.71. The lowest BCUT2D eigenvalue weighted by molar-refractivity contribution is 0.00363. The van der Waals surface area contributed by atoms with Gasteiger partial charge in [0.15, 0.2) is 0 Å². The monoisotopic (exact) mass is 287 g/mol. The molecule has 3 heteroatoms. The first kappa shape index (κ1) is 16.0. The van der Waals surface area contributed by atoms with Gasteiger partial charge < -0.3 is 9.84 Å². The predicted molar refractivity (Wildman–Crippen MR) is 84.9 cm³/mol. The quantitative estimate of drug-likeness (QED) is 0.844. The molecule has 0 spiro atoms. The summed E-state index contributed by atoms with van der Waals surface area (Å²) in [5, 5.41) is 8.71. The van der Waals surface area contributed by atoms with Crippen molar-refractivity contribution < 1.29 is 9.84 Å². The Balaban J connectivity index is 1.87. The average Bonchev–Trinajstić information content (AvgIpc) is 2.50. The molecule has 0 radical (unpaired) electrons. The number of rotatable bonds is 5. The van der Waals surface area contributed by atoms with Crippen LogP contribution in [0.3, 0.4) is 0 Å². The summed E-state index contributed by atoms with van der Waals surface area (Å²) in [4.78, 5) is 2.47. The highest BCUT2D eigenvalue weighted by Crippen LogP contribution is 2.16.